The molecule has 0 aliphatic rings. The SMILES string of the molecule is COCCCC(=O)N(CC(=O)O)c1ccc(O)cc1. The molecule has 6 nitrogen and oxygen atoms in total. The van der Waals surface area contributed by atoms with Gasteiger partial charge in [-0.25, -0.2) is 0 Å². The number of carboxylic acids is 1. The lowest BCUT2D eigenvalue weighted by molar-refractivity contribution is -0.136. The molecule has 1 aromatic carbocycles. The number of phenolic OH excluding ortho intramolecular Hbond substituents is 1. The van der Waals surface area contributed by atoms with E-state index in [-0.39, 0.29) is 18.1 Å². The number of methoxy groups -OCH3 is 1. The van der Waals surface area contributed by atoms with Gasteiger partial charge >= 0.3 is 5.97 Å². The van der Waals surface area contributed by atoms with Crippen LogP contribution in [0, 0.1) is 0 Å². The highest BCUT2D eigenvalue weighted by Crippen LogP contribution is 2.19. The summed E-state index contributed by atoms with van der Waals surface area (Å²) in [4.78, 5) is 24.0. The van der Waals surface area contributed by atoms with Crippen molar-refractivity contribution >= 4 is 17.6 Å². The minimum atomic E-state index is -1.09. The van der Waals surface area contributed by atoms with Gasteiger partial charge in [-0.1, -0.05) is 0 Å². The maximum Gasteiger partial charge on any atom is 0.323 e. The van der Waals surface area contributed by atoms with Crippen molar-refractivity contribution in [3.63, 3.8) is 0 Å². The van der Waals surface area contributed by atoms with Gasteiger partial charge in [-0.05, 0) is 30.7 Å². The largest absolute Gasteiger partial charge is 0.508 e. The van der Waals surface area contributed by atoms with Gasteiger partial charge in [0, 0.05) is 25.8 Å². The third-order valence-corrected chi connectivity index (χ3v) is 2.49. The number of phenols is 1. The Bertz CT molecular complexity index is 429. The summed E-state index contributed by atoms with van der Waals surface area (Å²) >= 11 is 0. The Morgan fingerprint density at radius 1 is 1.26 bits per heavy atom. The van der Waals surface area contributed by atoms with E-state index in [1.807, 2.05) is 0 Å². The maximum atomic E-state index is 12.0. The standard InChI is InChI=1S/C13H17NO5/c1-19-8-2-3-12(16)14(9-13(17)18)10-4-6-11(15)7-5-10/h4-7,15H,2-3,8-9H2,1H3,(H,17,18). The van der Waals surface area contributed by atoms with Gasteiger partial charge in [-0.3, -0.25) is 9.59 Å². The molecular weight excluding hydrogens is 250 g/mol. The van der Waals surface area contributed by atoms with Crippen LogP contribution >= 0.6 is 0 Å². The van der Waals surface area contributed by atoms with E-state index in [0.29, 0.717) is 18.7 Å². The van der Waals surface area contributed by atoms with Crippen LogP contribution in [0.2, 0.25) is 0 Å². The lowest BCUT2D eigenvalue weighted by atomic mass is 10.2. The summed E-state index contributed by atoms with van der Waals surface area (Å²) in [6.07, 6.45) is 0.742. The van der Waals surface area contributed by atoms with Crippen LogP contribution in [0.1, 0.15) is 12.8 Å². The number of aliphatic carboxylic acids is 1. The second-order valence-corrected chi connectivity index (χ2v) is 3.99. The summed E-state index contributed by atoms with van der Waals surface area (Å²) in [5.41, 5.74) is 0.447. The summed E-state index contributed by atoms with van der Waals surface area (Å²) < 4.78 is 4.85. The zero-order valence-corrected chi connectivity index (χ0v) is 10.7. The molecular formula is C13H17NO5. The van der Waals surface area contributed by atoms with Gasteiger partial charge in [0.25, 0.3) is 0 Å². The van der Waals surface area contributed by atoms with Crippen LogP contribution in [0.15, 0.2) is 24.3 Å². The molecule has 19 heavy (non-hydrogen) atoms. The first-order valence-electron chi connectivity index (χ1n) is 5.84. The molecule has 1 aromatic rings. The van der Waals surface area contributed by atoms with Crippen molar-refractivity contribution < 1.29 is 24.5 Å². The number of hydrogen-bond donors (Lipinski definition) is 2. The Kier molecular flexibility index (Phi) is 5.81. The summed E-state index contributed by atoms with van der Waals surface area (Å²) in [5.74, 6) is -1.32. The molecule has 0 aliphatic heterocycles. The molecule has 0 bridgehead atoms. The molecule has 1 amide bonds. The van der Waals surface area contributed by atoms with Crippen molar-refractivity contribution in [3.05, 3.63) is 24.3 Å². The Balaban J connectivity index is 2.79. The average molecular weight is 267 g/mol. The number of carboxylic acid groups (broad SMARTS) is 1. The van der Waals surface area contributed by atoms with E-state index in [1.165, 1.54) is 29.2 Å². The van der Waals surface area contributed by atoms with Crippen molar-refractivity contribution in [3.8, 4) is 5.75 Å². The highest BCUT2D eigenvalue weighted by Gasteiger charge is 2.18. The number of anilines is 1. The van der Waals surface area contributed by atoms with Gasteiger partial charge in [0.1, 0.15) is 12.3 Å². The number of amides is 1. The lowest BCUT2D eigenvalue weighted by Gasteiger charge is -2.20. The number of nitrogens with zero attached hydrogens (tertiary/aromatic N) is 1. The van der Waals surface area contributed by atoms with Crippen LogP contribution in [0.25, 0.3) is 0 Å². The fourth-order valence-electron chi connectivity index (χ4n) is 1.59. The predicted molar refractivity (Wildman–Crippen MR) is 69.2 cm³/mol. The first kappa shape index (κ1) is 15.0. The first-order valence-corrected chi connectivity index (χ1v) is 5.84. The summed E-state index contributed by atoms with van der Waals surface area (Å²) in [5, 5.41) is 18.0. The summed E-state index contributed by atoms with van der Waals surface area (Å²) in [7, 11) is 1.54. The van der Waals surface area contributed by atoms with Crippen LogP contribution in [0.3, 0.4) is 0 Å². The van der Waals surface area contributed by atoms with Crippen LogP contribution < -0.4 is 4.90 Å². The van der Waals surface area contributed by atoms with Crippen LogP contribution in [0.5, 0.6) is 5.75 Å². The Morgan fingerprint density at radius 2 is 1.89 bits per heavy atom. The average Bonchev–Trinajstić information content (AvgIpc) is 2.37. The molecule has 0 aliphatic carbocycles. The van der Waals surface area contributed by atoms with E-state index < -0.39 is 12.5 Å². The minimum absolute atomic E-state index is 0.0610. The van der Waals surface area contributed by atoms with E-state index in [1.54, 1.807) is 7.11 Å². The maximum absolute atomic E-state index is 12.0. The molecule has 0 atom stereocenters. The number of ether oxygens (including phenoxy) is 1. The molecule has 0 fully saturated rings. The number of carbonyl (C=O) groups is 2. The second kappa shape index (κ2) is 7.38. The number of aromatic hydroxyl groups is 1. The molecule has 0 heterocycles. The third-order valence-electron chi connectivity index (χ3n) is 2.49. The fraction of sp³-hybridized carbons (Fsp3) is 0.385. The molecule has 0 spiro atoms. The number of benzene rings is 1. The second-order valence-electron chi connectivity index (χ2n) is 3.99. The van der Waals surface area contributed by atoms with Gasteiger partial charge in [0.05, 0.1) is 0 Å². The van der Waals surface area contributed by atoms with Gasteiger partial charge in [-0.2, -0.15) is 0 Å². The van der Waals surface area contributed by atoms with Crippen LogP contribution in [-0.2, 0) is 14.3 Å². The zero-order valence-electron chi connectivity index (χ0n) is 10.7. The van der Waals surface area contributed by atoms with E-state index in [4.69, 9.17) is 9.84 Å². The molecule has 2 N–H and O–H groups in total. The first-order chi connectivity index (χ1) is 9.04. The lowest BCUT2D eigenvalue weighted by Crippen LogP contribution is -2.35. The van der Waals surface area contributed by atoms with E-state index >= 15 is 0 Å². The molecule has 0 unspecified atom stereocenters. The van der Waals surface area contributed by atoms with Crippen molar-refractivity contribution in [2.75, 3.05) is 25.2 Å². The van der Waals surface area contributed by atoms with Crippen molar-refractivity contribution in [1.82, 2.24) is 0 Å². The Hall–Kier alpha value is -2.08. The molecule has 0 radical (unpaired) electrons. The Labute approximate surface area is 111 Å². The topological polar surface area (TPSA) is 87.1 Å². The van der Waals surface area contributed by atoms with Crippen LogP contribution in [0.4, 0.5) is 5.69 Å². The molecule has 0 saturated carbocycles. The fourth-order valence-corrected chi connectivity index (χ4v) is 1.59. The van der Waals surface area contributed by atoms with E-state index in [0.717, 1.165) is 0 Å². The summed E-state index contributed by atoms with van der Waals surface area (Å²) in [6.45, 7) is 0.0405. The Morgan fingerprint density at radius 3 is 2.42 bits per heavy atom. The van der Waals surface area contributed by atoms with Gasteiger partial charge < -0.3 is 19.8 Å². The van der Waals surface area contributed by atoms with Crippen molar-refractivity contribution in [2.45, 2.75) is 12.8 Å². The van der Waals surface area contributed by atoms with Crippen molar-refractivity contribution in [2.24, 2.45) is 0 Å². The van der Waals surface area contributed by atoms with Gasteiger partial charge in [0.2, 0.25) is 5.91 Å². The third kappa shape index (κ3) is 4.97. The van der Waals surface area contributed by atoms with Gasteiger partial charge in [0.15, 0.2) is 0 Å². The summed E-state index contributed by atoms with van der Waals surface area (Å²) in [6, 6.07) is 5.83. The zero-order chi connectivity index (χ0) is 14.3. The van der Waals surface area contributed by atoms with Crippen molar-refractivity contribution in [1.29, 1.82) is 0 Å². The highest BCUT2D eigenvalue weighted by atomic mass is 16.5. The number of rotatable bonds is 7. The molecule has 0 aromatic heterocycles. The molecule has 1 rings (SSSR count). The monoisotopic (exact) mass is 267 g/mol. The van der Waals surface area contributed by atoms with Gasteiger partial charge in [-0.15, -0.1) is 0 Å². The predicted octanol–water partition coefficient (Wildman–Crippen LogP) is 1.24. The quantitative estimate of drug-likeness (QED) is 0.726. The van der Waals surface area contributed by atoms with Crippen LogP contribution in [-0.4, -0.2) is 42.4 Å². The normalized spacial score (nSPS) is 10.2. The van der Waals surface area contributed by atoms with E-state index in [9.17, 15) is 14.7 Å². The minimum Gasteiger partial charge on any atom is -0.508 e. The molecule has 104 valence electrons. The molecule has 6 heteroatoms. The number of carbonyl (C=O) groups excluding carboxylic acids is 1. The van der Waals surface area contributed by atoms with E-state index in [2.05, 4.69) is 0 Å². The molecule has 0 saturated heterocycles. The number of hydrogen-bond acceptors (Lipinski definition) is 4. The smallest absolute Gasteiger partial charge is 0.323 e. The highest BCUT2D eigenvalue weighted by molar-refractivity contribution is 5.97.